The van der Waals surface area contributed by atoms with E-state index in [1.807, 2.05) is 0 Å². The highest BCUT2D eigenvalue weighted by molar-refractivity contribution is 6.32. The Morgan fingerprint density at radius 3 is 3.00 bits per heavy atom. The Hall–Kier alpha value is -1.17. The number of nitrogens with one attached hydrogen (secondary N) is 1. The number of pyridine rings is 1. The second kappa shape index (κ2) is 6.68. The molecule has 0 radical (unpaired) electrons. The Morgan fingerprint density at radius 1 is 1.67 bits per heavy atom. The van der Waals surface area contributed by atoms with E-state index in [0.29, 0.717) is 18.6 Å². The fraction of sp³-hybridized carbons (Fsp3) is 0.500. The van der Waals surface area contributed by atoms with Gasteiger partial charge in [-0.1, -0.05) is 11.6 Å². The molecule has 0 bridgehead atoms. The van der Waals surface area contributed by atoms with E-state index in [1.165, 1.54) is 6.20 Å². The molecule has 5 nitrogen and oxygen atoms in total. The lowest BCUT2D eigenvalue weighted by Crippen LogP contribution is -2.41. The van der Waals surface area contributed by atoms with Gasteiger partial charge >= 0.3 is 0 Å². The van der Waals surface area contributed by atoms with Gasteiger partial charge < -0.3 is 15.2 Å². The Bertz CT molecular complexity index is 410. The average Bonchev–Trinajstić information content (AvgIpc) is 2.34. The zero-order chi connectivity index (χ0) is 13.6. The lowest BCUT2D eigenvalue weighted by atomic mass is 10.0. The molecule has 100 valence electrons. The first kappa shape index (κ1) is 14.9. The van der Waals surface area contributed by atoms with Crippen molar-refractivity contribution in [1.29, 1.82) is 0 Å². The molecule has 6 heteroatoms. The molecule has 18 heavy (non-hydrogen) atoms. The highest BCUT2D eigenvalue weighted by Gasteiger charge is 2.21. The molecule has 1 aromatic heterocycles. The van der Waals surface area contributed by atoms with Crippen LogP contribution in [0.4, 0.5) is 0 Å². The van der Waals surface area contributed by atoms with Crippen LogP contribution in [0, 0.1) is 0 Å². The summed E-state index contributed by atoms with van der Waals surface area (Å²) in [6.45, 7) is 2.19. The van der Waals surface area contributed by atoms with Crippen molar-refractivity contribution in [1.82, 2.24) is 10.3 Å². The van der Waals surface area contributed by atoms with Crippen molar-refractivity contribution < 1.29 is 14.6 Å². The van der Waals surface area contributed by atoms with Gasteiger partial charge in [-0.05, 0) is 19.1 Å². The Balaban J connectivity index is 2.54. The zero-order valence-electron chi connectivity index (χ0n) is 10.4. The minimum absolute atomic E-state index is 0.125. The minimum Gasteiger partial charge on any atom is -0.388 e. The fourth-order valence-corrected chi connectivity index (χ4v) is 1.54. The second-order valence-corrected chi connectivity index (χ2v) is 4.62. The molecule has 1 amide bonds. The van der Waals surface area contributed by atoms with E-state index in [0.717, 1.165) is 0 Å². The summed E-state index contributed by atoms with van der Waals surface area (Å²) in [5.74, 6) is -0.356. The Kier molecular flexibility index (Phi) is 5.53. The van der Waals surface area contributed by atoms with Crippen molar-refractivity contribution in [3.63, 3.8) is 0 Å². The maximum absolute atomic E-state index is 11.8. The van der Waals surface area contributed by atoms with Crippen molar-refractivity contribution >= 4 is 17.5 Å². The summed E-state index contributed by atoms with van der Waals surface area (Å²) in [6.07, 6.45) is 1.94. The fourth-order valence-electron chi connectivity index (χ4n) is 1.33. The molecule has 0 aromatic carbocycles. The molecule has 0 saturated heterocycles. The highest BCUT2D eigenvalue weighted by atomic mass is 35.5. The van der Waals surface area contributed by atoms with Crippen LogP contribution in [0.15, 0.2) is 18.3 Å². The quantitative estimate of drug-likeness (QED) is 0.765. The SMILES string of the molecule is COCCC(C)(O)CNC(=O)c1cccnc1Cl. The van der Waals surface area contributed by atoms with Crippen LogP contribution in [0.2, 0.25) is 5.15 Å². The monoisotopic (exact) mass is 272 g/mol. The summed E-state index contributed by atoms with van der Waals surface area (Å²) < 4.78 is 4.88. The van der Waals surface area contributed by atoms with Crippen LogP contribution in [0.3, 0.4) is 0 Å². The molecule has 1 unspecified atom stereocenters. The van der Waals surface area contributed by atoms with E-state index in [9.17, 15) is 9.90 Å². The van der Waals surface area contributed by atoms with Gasteiger partial charge in [0.15, 0.2) is 0 Å². The van der Waals surface area contributed by atoms with Gasteiger partial charge in [-0.3, -0.25) is 4.79 Å². The van der Waals surface area contributed by atoms with E-state index in [2.05, 4.69) is 10.3 Å². The number of aromatic nitrogens is 1. The first-order valence-electron chi connectivity index (χ1n) is 5.56. The topological polar surface area (TPSA) is 71.5 Å². The summed E-state index contributed by atoms with van der Waals surface area (Å²) in [4.78, 5) is 15.6. The molecule has 0 fully saturated rings. The molecule has 2 N–H and O–H groups in total. The first-order chi connectivity index (χ1) is 8.46. The van der Waals surface area contributed by atoms with Crippen LogP contribution in [0.25, 0.3) is 0 Å². The number of methoxy groups -OCH3 is 1. The molecule has 1 atom stereocenters. The van der Waals surface area contributed by atoms with Crippen LogP contribution in [0.5, 0.6) is 0 Å². The van der Waals surface area contributed by atoms with Gasteiger partial charge in [0.25, 0.3) is 5.91 Å². The first-order valence-corrected chi connectivity index (χ1v) is 5.94. The molecule has 0 spiro atoms. The predicted molar refractivity (Wildman–Crippen MR) is 68.7 cm³/mol. The number of hydrogen-bond acceptors (Lipinski definition) is 4. The van der Waals surface area contributed by atoms with Crippen LogP contribution < -0.4 is 5.32 Å². The number of hydrogen-bond donors (Lipinski definition) is 2. The molecule has 0 saturated carbocycles. The number of carbonyl (C=O) groups excluding carboxylic acids is 1. The van der Waals surface area contributed by atoms with E-state index in [-0.39, 0.29) is 17.6 Å². The Labute approximate surface area is 111 Å². The third-order valence-corrected chi connectivity index (χ3v) is 2.78. The second-order valence-electron chi connectivity index (χ2n) is 4.26. The summed E-state index contributed by atoms with van der Waals surface area (Å²) >= 11 is 5.80. The summed E-state index contributed by atoms with van der Waals surface area (Å²) in [5, 5.41) is 12.7. The number of nitrogens with zero attached hydrogens (tertiary/aromatic N) is 1. The third kappa shape index (κ3) is 4.60. The van der Waals surface area contributed by atoms with Crippen LogP contribution in [0.1, 0.15) is 23.7 Å². The maximum Gasteiger partial charge on any atom is 0.254 e. The molecule has 0 aliphatic heterocycles. The van der Waals surface area contributed by atoms with Crippen molar-refractivity contribution in [2.45, 2.75) is 18.9 Å². The number of amides is 1. The molecule has 1 aromatic rings. The average molecular weight is 273 g/mol. The normalized spacial score (nSPS) is 14.0. The number of carbonyl (C=O) groups is 1. The lowest BCUT2D eigenvalue weighted by molar-refractivity contribution is 0.0243. The zero-order valence-corrected chi connectivity index (χ0v) is 11.2. The molecule has 1 heterocycles. The van der Waals surface area contributed by atoms with Gasteiger partial charge in [0, 0.05) is 32.9 Å². The summed E-state index contributed by atoms with van der Waals surface area (Å²) in [6, 6.07) is 3.21. The minimum atomic E-state index is -1.01. The van der Waals surface area contributed by atoms with Crippen molar-refractivity contribution in [2.24, 2.45) is 0 Å². The molecule has 0 aliphatic carbocycles. The van der Waals surface area contributed by atoms with Crippen molar-refractivity contribution in [3.8, 4) is 0 Å². The number of aliphatic hydroxyl groups is 1. The van der Waals surface area contributed by atoms with E-state index >= 15 is 0 Å². The maximum atomic E-state index is 11.8. The number of ether oxygens (including phenoxy) is 1. The van der Waals surface area contributed by atoms with E-state index < -0.39 is 5.60 Å². The smallest absolute Gasteiger partial charge is 0.254 e. The molecular formula is C12H17ClN2O3. The van der Waals surface area contributed by atoms with E-state index in [4.69, 9.17) is 16.3 Å². The van der Waals surface area contributed by atoms with E-state index in [1.54, 1.807) is 26.2 Å². The van der Waals surface area contributed by atoms with Gasteiger partial charge in [-0.25, -0.2) is 4.98 Å². The lowest BCUT2D eigenvalue weighted by Gasteiger charge is -2.23. The Morgan fingerprint density at radius 2 is 2.39 bits per heavy atom. The van der Waals surface area contributed by atoms with Gasteiger partial charge in [-0.15, -0.1) is 0 Å². The van der Waals surface area contributed by atoms with Crippen molar-refractivity contribution in [2.75, 3.05) is 20.3 Å². The molecule has 0 aliphatic rings. The number of halogens is 1. The van der Waals surface area contributed by atoms with Gasteiger partial charge in [-0.2, -0.15) is 0 Å². The standard InChI is InChI=1S/C12H17ClN2O3/c1-12(17,5-7-18-2)8-15-11(16)9-4-3-6-14-10(9)13/h3-4,6,17H,5,7-8H2,1-2H3,(H,15,16). The van der Waals surface area contributed by atoms with Crippen LogP contribution >= 0.6 is 11.6 Å². The molecular weight excluding hydrogens is 256 g/mol. The van der Waals surface area contributed by atoms with Gasteiger partial charge in [0.2, 0.25) is 0 Å². The third-order valence-electron chi connectivity index (χ3n) is 2.48. The van der Waals surface area contributed by atoms with Crippen molar-refractivity contribution in [3.05, 3.63) is 29.0 Å². The predicted octanol–water partition coefficient (Wildman–Crippen LogP) is 1.25. The number of rotatable bonds is 6. The summed E-state index contributed by atoms with van der Waals surface area (Å²) in [7, 11) is 1.56. The van der Waals surface area contributed by atoms with Crippen LogP contribution in [-0.2, 0) is 4.74 Å². The van der Waals surface area contributed by atoms with Gasteiger partial charge in [0.1, 0.15) is 5.15 Å². The summed E-state index contributed by atoms with van der Waals surface area (Å²) in [5.41, 5.74) is -0.720. The van der Waals surface area contributed by atoms with Gasteiger partial charge in [0.05, 0.1) is 11.2 Å². The highest BCUT2D eigenvalue weighted by Crippen LogP contribution is 2.12. The van der Waals surface area contributed by atoms with Crippen LogP contribution in [-0.4, -0.2) is 41.9 Å². The largest absolute Gasteiger partial charge is 0.388 e. The molecule has 1 rings (SSSR count).